The van der Waals surface area contributed by atoms with E-state index < -0.39 is 0 Å². The maximum absolute atomic E-state index is 13.2. The number of hydrogen-bond acceptors (Lipinski definition) is 3. The van der Waals surface area contributed by atoms with Gasteiger partial charge in [0.2, 0.25) is 0 Å². The Morgan fingerprint density at radius 2 is 1.29 bits per heavy atom. The van der Waals surface area contributed by atoms with E-state index in [1.807, 2.05) is 0 Å². The molecule has 0 aromatic heterocycles. The largest absolute Gasteiger partial charge is 0.462 e. The molecule has 0 spiro atoms. The number of esters is 1. The highest BCUT2D eigenvalue weighted by molar-refractivity contribution is 5.69. The second-order valence-corrected chi connectivity index (χ2v) is 20.5. The molecular formula is C46H82O3. The van der Waals surface area contributed by atoms with Crippen LogP contribution in [0.5, 0.6) is 0 Å². The molecule has 49 heavy (non-hydrogen) atoms. The van der Waals surface area contributed by atoms with E-state index in [4.69, 9.17) is 4.74 Å². The predicted molar refractivity (Wildman–Crippen MR) is 206 cm³/mol. The van der Waals surface area contributed by atoms with E-state index >= 15 is 0 Å². The SMILES string of the molecule is CCCCCCCCCCCCCCCC(=O)O[C@H]1CC[C@]2(C)[C@H]3CC[C@@H]4[C@H]5[C@H](C(C)C)CC[C@]5(CO)CC[C@@]4(C)[C@]3(C)CC[C@H]2C1(C)C. The number of rotatable bonds is 17. The van der Waals surface area contributed by atoms with E-state index in [1.54, 1.807) is 0 Å². The van der Waals surface area contributed by atoms with E-state index in [2.05, 4.69) is 55.4 Å². The van der Waals surface area contributed by atoms with Gasteiger partial charge in [0.15, 0.2) is 0 Å². The van der Waals surface area contributed by atoms with Gasteiger partial charge in [0, 0.05) is 18.4 Å². The van der Waals surface area contributed by atoms with Crippen LogP contribution >= 0.6 is 0 Å². The van der Waals surface area contributed by atoms with Gasteiger partial charge in [0.05, 0.1) is 0 Å². The average Bonchev–Trinajstić information content (AvgIpc) is 3.45. The van der Waals surface area contributed by atoms with E-state index in [0.29, 0.717) is 47.0 Å². The Morgan fingerprint density at radius 1 is 0.673 bits per heavy atom. The fourth-order valence-corrected chi connectivity index (χ4v) is 14.5. The zero-order valence-electron chi connectivity index (χ0n) is 34.0. The minimum Gasteiger partial charge on any atom is -0.462 e. The normalized spacial score (nSPS) is 41.1. The molecule has 5 fully saturated rings. The molecule has 3 heteroatoms. The van der Waals surface area contributed by atoms with Crippen LogP contribution in [-0.4, -0.2) is 23.8 Å². The summed E-state index contributed by atoms with van der Waals surface area (Å²) in [6, 6.07) is 0. The highest BCUT2D eigenvalue weighted by Gasteiger charge is 2.71. The van der Waals surface area contributed by atoms with Crippen LogP contribution in [-0.2, 0) is 9.53 Å². The Kier molecular flexibility index (Phi) is 13.1. The monoisotopic (exact) mass is 683 g/mol. The van der Waals surface area contributed by atoms with Crippen LogP contribution < -0.4 is 0 Å². The lowest BCUT2D eigenvalue weighted by molar-refractivity contribution is -0.253. The van der Waals surface area contributed by atoms with Gasteiger partial charge in [-0.25, -0.2) is 0 Å². The standard InChI is InChI=1S/C46H82O3/c1-9-10-11-12-13-14-15-16-17-18-19-20-21-22-40(48)49-39-27-28-43(6)37(42(39,4)5)26-29-45(8)38(43)24-23-36-41-35(34(2)3)25-30-46(41,33-47)32-31-44(36,45)7/h34-39,41,47H,9-33H2,1-8H3/t35-,36+,37-,38+,39-,41+,43-,44+,45+,46+/m0/s1. The van der Waals surface area contributed by atoms with E-state index in [1.165, 1.54) is 135 Å². The van der Waals surface area contributed by atoms with Crippen molar-refractivity contribution >= 4 is 5.97 Å². The van der Waals surface area contributed by atoms with Gasteiger partial charge >= 0.3 is 5.97 Å². The highest BCUT2D eigenvalue weighted by Crippen LogP contribution is 2.77. The molecular weight excluding hydrogens is 601 g/mol. The molecule has 5 saturated carbocycles. The predicted octanol–water partition coefficient (Wildman–Crippen LogP) is 13.1. The second kappa shape index (κ2) is 16.2. The van der Waals surface area contributed by atoms with Gasteiger partial charge < -0.3 is 9.84 Å². The van der Waals surface area contributed by atoms with Crippen LogP contribution in [0.25, 0.3) is 0 Å². The second-order valence-electron chi connectivity index (χ2n) is 20.5. The number of aliphatic hydroxyl groups is 1. The molecule has 0 radical (unpaired) electrons. The van der Waals surface area contributed by atoms with Crippen LogP contribution in [0.15, 0.2) is 0 Å². The topological polar surface area (TPSA) is 46.5 Å². The summed E-state index contributed by atoms with van der Waals surface area (Å²) in [6.45, 7) is 20.6. The Bertz CT molecular complexity index is 1060. The van der Waals surface area contributed by atoms with Crippen molar-refractivity contribution in [2.45, 2.75) is 216 Å². The van der Waals surface area contributed by atoms with Crippen LogP contribution in [0, 0.1) is 62.6 Å². The molecule has 0 aromatic rings. The van der Waals surface area contributed by atoms with Crippen molar-refractivity contribution in [1.82, 2.24) is 0 Å². The van der Waals surface area contributed by atoms with E-state index in [0.717, 1.165) is 30.6 Å². The van der Waals surface area contributed by atoms with Crippen LogP contribution in [0.4, 0.5) is 0 Å². The third-order valence-electron chi connectivity index (χ3n) is 17.5. The third-order valence-corrected chi connectivity index (χ3v) is 17.5. The van der Waals surface area contributed by atoms with E-state index in [9.17, 15) is 9.90 Å². The summed E-state index contributed by atoms with van der Waals surface area (Å²) in [5.74, 6) is 4.33. The first-order chi connectivity index (χ1) is 23.3. The minimum absolute atomic E-state index is 0.0184. The molecule has 284 valence electrons. The van der Waals surface area contributed by atoms with Crippen molar-refractivity contribution in [3.63, 3.8) is 0 Å². The number of fused-ring (bicyclic) bond motifs is 7. The van der Waals surface area contributed by atoms with Crippen molar-refractivity contribution in [3.05, 3.63) is 0 Å². The number of carbonyl (C=O) groups excluding carboxylic acids is 1. The zero-order valence-corrected chi connectivity index (χ0v) is 34.0. The average molecular weight is 683 g/mol. The molecule has 0 unspecified atom stereocenters. The summed E-state index contributed by atoms with van der Waals surface area (Å²) in [6.07, 6.45) is 30.6. The molecule has 0 aromatic carbocycles. The minimum atomic E-state index is 0.0184. The van der Waals surface area contributed by atoms with Gasteiger partial charge in [-0.1, -0.05) is 132 Å². The molecule has 3 nitrogen and oxygen atoms in total. The Balaban J connectivity index is 1.12. The molecule has 5 aliphatic rings. The van der Waals surface area contributed by atoms with E-state index in [-0.39, 0.29) is 22.9 Å². The first-order valence-corrected chi connectivity index (χ1v) is 22.1. The highest BCUT2D eigenvalue weighted by atomic mass is 16.5. The van der Waals surface area contributed by atoms with Crippen molar-refractivity contribution in [1.29, 1.82) is 0 Å². The first-order valence-electron chi connectivity index (χ1n) is 22.1. The van der Waals surface area contributed by atoms with Gasteiger partial charge in [0.25, 0.3) is 0 Å². The lowest BCUT2D eigenvalue weighted by Gasteiger charge is -2.73. The van der Waals surface area contributed by atoms with Crippen LogP contribution in [0.2, 0.25) is 0 Å². The summed E-state index contributed by atoms with van der Waals surface area (Å²) < 4.78 is 6.42. The van der Waals surface area contributed by atoms with Crippen molar-refractivity contribution in [3.8, 4) is 0 Å². The molecule has 0 heterocycles. The summed E-state index contributed by atoms with van der Waals surface area (Å²) in [7, 11) is 0. The molecule has 5 rings (SSSR count). The lowest BCUT2D eigenvalue weighted by atomic mass is 9.32. The molecule has 0 amide bonds. The first kappa shape index (κ1) is 39.6. The summed E-state index contributed by atoms with van der Waals surface area (Å²) >= 11 is 0. The third kappa shape index (κ3) is 7.48. The zero-order chi connectivity index (χ0) is 35.5. The maximum atomic E-state index is 13.2. The molecule has 0 bridgehead atoms. The van der Waals surface area contributed by atoms with Crippen LogP contribution in [0.3, 0.4) is 0 Å². The quantitative estimate of drug-likeness (QED) is 0.123. The Labute approximate surface area is 304 Å². The smallest absolute Gasteiger partial charge is 0.306 e. The lowest BCUT2D eigenvalue weighted by Crippen LogP contribution is -2.67. The van der Waals surface area contributed by atoms with Gasteiger partial charge in [-0.3, -0.25) is 4.79 Å². The molecule has 0 aliphatic heterocycles. The number of carbonyl (C=O) groups is 1. The molecule has 10 atom stereocenters. The molecule has 0 saturated heterocycles. The van der Waals surface area contributed by atoms with Crippen molar-refractivity contribution in [2.24, 2.45) is 62.6 Å². The fourth-order valence-electron chi connectivity index (χ4n) is 14.5. The summed E-state index contributed by atoms with van der Waals surface area (Å²) in [4.78, 5) is 13.2. The number of hydrogen-bond donors (Lipinski definition) is 1. The molecule has 5 aliphatic carbocycles. The van der Waals surface area contributed by atoms with Crippen LogP contribution in [0.1, 0.15) is 209 Å². The Morgan fingerprint density at radius 3 is 1.88 bits per heavy atom. The fraction of sp³-hybridized carbons (Fsp3) is 0.978. The van der Waals surface area contributed by atoms with Gasteiger partial charge in [0.1, 0.15) is 6.10 Å². The Hall–Kier alpha value is -0.570. The van der Waals surface area contributed by atoms with Gasteiger partial charge in [-0.2, -0.15) is 0 Å². The van der Waals surface area contributed by atoms with Gasteiger partial charge in [-0.15, -0.1) is 0 Å². The molecule has 1 N–H and O–H groups in total. The number of aliphatic hydroxyl groups excluding tert-OH is 1. The van der Waals surface area contributed by atoms with Crippen molar-refractivity contribution < 1.29 is 14.6 Å². The maximum Gasteiger partial charge on any atom is 0.306 e. The van der Waals surface area contributed by atoms with Gasteiger partial charge in [-0.05, 0) is 128 Å². The van der Waals surface area contributed by atoms with Crippen molar-refractivity contribution in [2.75, 3.05) is 6.61 Å². The number of ether oxygens (including phenoxy) is 1. The summed E-state index contributed by atoms with van der Waals surface area (Å²) in [5.41, 5.74) is 1.21. The number of unbranched alkanes of at least 4 members (excludes halogenated alkanes) is 12. The summed E-state index contributed by atoms with van der Waals surface area (Å²) in [5, 5.41) is 10.9.